The van der Waals surface area contributed by atoms with Crippen molar-refractivity contribution in [3.63, 3.8) is 0 Å². The van der Waals surface area contributed by atoms with E-state index >= 15 is 0 Å². The number of hydrogen-bond acceptors (Lipinski definition) is 3. The lowest BCUT2D eigenvalue weighted by atomic mass is 9.99. The number of hydrogen-bond donors (Lipinski definition) is 3. The molecule has 0 spiro atoms. The van der Waals surface area contributed by atoms with Crippen LogP contribution in [-0.2, 0) is 17.6 Å². The monoisotopic (exact) mass is 340 g/mol. The Labute approximate surface area is 143 Å². The van der Waals surface area contributed by atoms with Crippen LogP contribution in [0.2, 0.25) is 0 Å². The zero-order chi connectivity index (χ0) is 17.6. The summed E-state index contributed by atoms with van der Waals surface area (Å²) in [6.45, 7) is 0. The summed E-state index contributed by atoms with van der Waals surface area (Å²) < 4.78 is 14.3. The molecule has 0 aromatic heterocycles. The minimum atomic E-state index is -0.735. The Balaban J connectivity index is 1.61. The third-order valence-corrected chi connectivity index (χ3v) is 4.82. The van der Waals surface area contributed by atoms with E-state index in [1.54, 1.807) is 0 Å². The Morgan fingerprint density at radius 3 is 2.84 bits per heavy atom. The van der Waals surface area contributed by atoms with E-state index in [-0.39, 0.29) is 11.5 Å². The average Bonchev–Trinajstić information content (AvgIpc) is 2.90. The molecule has 0 bridgehead atoms. The summed E-state index contributed by atoms with van der Waals surface area (Å²) in [6.07, 6.45) is 0.506. The second kappa shape index (κ2) is 5.97. The number of halogens is 1. The van der Waals surface area contributed by atoms with Gasteiger partial charge in [0.2, 0.25) is 5.91 Å². The van der Waals surface area contributed by atoms with Gasteiger partial charge < -0.3 is 15.7 Å². The van der Waals surface area contributed by atoms with E-state index in [1.165, 1.54) is 12.1 Å². The van der Waals surface area contributed by atoms with Crippen LogP contribution in [0.4, 0.5) is 10.1 Å². The van der Waals surface area contributed by atoms with Crippen molar-refractivity contribution in [2.45, 2.75) is 31.4 Å². The maximum absolute atomic E-state index is 14.3. The van der Waals surface area contributed by atoms with Crippen molar-refractivity contribution in [1.29, 1.82) is 0 Å². The summed E-state index contributed by atoms with van der Waals surface area (Å²) in [5.74, 6) is -1.42. The molecule has 5 nitrogen and oxygen atoms in total. The number of benzene rings is 2. The van der Waals surface area contributed by atoms with Crippen molar-refractivity contribution >= 4 is 17.5 Å². The van der Waals surface area contributed by atoms with Crippen LogP contribution in [0, 0.1) is 5.82 Å². The summed E-state index contributed by atoms with van der Waals surface area (Å²) in [7, 11) is 0. The Bertz CT molecular complexity index is 881. The lowest BCUT2D eigenvalue weighted by Crippen LogP contribution is -2.34. The van der Waals surface area contributed by atoms with Gasteiger partial charge in [-0.15, -0.1) is 0 Å². The number of amides is 2. The van der Waals surface area contributed by atoms with Gasteiger partial charge in [0, 0.05) is 18.5 Å². The van der Waals surface area contributed by atoms with Crippen molar-refractivity contribution in [1.82, 2.24) is 5.32 Å². The summed E-state index contributed by atoms with van der Waals surface area (Å²) in [5.41, 5.74) is 2.91. The lowest BCUT2D eigenvalue weighted by molar-refractivity contribution is -0.116. The SMILES string of the molecule is O=C1CCc2cc(C(=O)N[C@@H]3c4ccccc4C[C@@H]3O)c(F)cc2N1. The molecule has 128 valence electrons. The standard InChI is InChI=1S/C19H17FN2O3/c20-14-9-15-11(5-6-17(24)21-15)7-13(14)19(25)22-18-12-4-2-1-3-10(12)8-16(18)23/h1-4,7,9,16,18,23H,5-6,8H2,(H,21,24)(H,22,25)/t16-,18+/m0/s1. The first-order chi connectivity index (χ1) is 12.0. The molecule has 0 saturated heterocycles. The molecular formula is C19H17FN2O3. The maximum Gasteiger partial charge on any atom is 0.254 e. The second-order valence-corrected chi connectivity index (χ2v) is 6.46. The molecule has 25 heavy (non-hydrogen) atoms. The Morgan fingerprint density at radius 2 is 2.00 bits per heavy atom. The van der Waals surface area contributed by atoms with Crippen LogP contribution in [0.25, 0.3) is 0 Å². The van der Waals surface area contributed by atoms with Crippen LogP contribution < -0.4 is 10.6 Å². The van der Waals surface area contributed by atoms with Crippen LogP contribution in [-0.4, -0.2) is 23.0 Å². The molecule has 0 unspecified atom stereocenters. The van der Waals surface area contributed by atoms with Gasteiger partial charge in [-0.3, -0.25) is 9.59 Å². The van der Waals surface area contributed by atoms with Gasteiger partial charge in [-0.05, 0) is 35.2 Å². The second-order valence-electron chi connectivity index (χ2n) is 6.46. The molecular weight excluding hydrogens is 323 g/mol. The molecule has 0 saturated carbocycles. The Hall–Kier alpha value is -2.73. The minimum Gasteiger partial charge on any atom is -0.390 e. The van der Waals surface area contributed by atoms with Crippen LogP contribution in [0.15, 0.2) is 36.4 Å². The summed E-state index contributed by atoms with van der Waals surface area (Å²) in [4.78, 5) is 24.0. The van der Waals surface area contributed by atoms with E-state index in [0.717, 1.165) is 16.7 Å². The fraction of sp³-hybridized carbons (Fsp3) is 0.263. The molecule has 1 heterocycles. The number of carbonyl (C=O) groups excluding carboxylic acids is 2. The average molecular weight is 340 g/mol. The maximum atomic E-state index is 14.3. The predicted octanol–water partition coefficient (Wildman–Crippen LogP) is 2.10. The molecule has 4 rings (SSSR count). The van der Waals surface area contributed by atoms with Gasteiger partial charge in [-0.2, -0.15) is 0 Å². The van der Waals surface area contributed by atoms with Crippen molar-refractivity contribution in [3.05, 3.63) is 64.5 Å². The number of anilines is 1. The highest BCUT2D eigenvalue weighted by Gasteiger charge is 2.32. The first-order valence-electron chi connectivity index (χ1n) is 8.22. The Morgan fingerprint density at radius 1 is 1.20 bits per heavy atom. The van der Waals surface area contributed by atoms with Crippen molar-refractivity contribution in [2.24, 2.45) is 0 Å². The molecule has 0 fully saturated rings. The predicted molar refractivity (Wildman–Crippen MR) is 89.7 cm³/mol. The highest BCUT2D eigenvalue weighted by molar-refractivity contribution is 5.98. The zero-order valence-electron chi connectivity index (χ0n) is 13.4. The van der Waals surface area contributed by atoms with Crippen LogP contribution in [0.5, 0.6) is 0 Å². The van der Waals surface area contributed by atoms with Gasteiger partial charge in [-0.1, -0.05) is 24.3 Å². The normalized spacial score (nSPS) is 21.3. The summed E-state index contributed by atoms with van der Waals surface area (Å²) in [6, 6.07) is 9.60. The van der Waals surface area contributed by atoms with Gasteiger partial charge >= 0.3 is 0 Å². The third-order valence-electron chi connectivity index (χ3n) is 4.82. The smallest absolute Gasteiger partial charge is 0.254 e. The number of fused-ring (bicyclic) bond motifs is 2. The van der Waals surface area contributed by atoms with Gasteiger partial charge in [0.15, 0.2) is 0 Å². The highest BCUT2D eigenvalue weighted by Crippen LogP contribution is 2.32. The lowest BCUT2D eigenvalue weighted by Gasteiger charge is -2.20. The summed E-state index contributed by atoms with van der Waals surface area (Å²) in [5, 5.41) is 15.6. The quantitative estimate of drug-likeness (QED) is 0.783. The fourth-order valence-corrected chi connectivity index (χ4v) is 3.54. The minimum absolute atomic E-state index is 0.0773. The first-order valence-corrected chi connectivity index (χ1v) is 8.22. The zero-order valence-corrected chi connectivity index (χ0v) is 13.4. The highest BCUT2D eigenvalue weighted by atomic mass is 19.1. The van der Waals surface area contributed by atoms with Crippen molar-refractivity contribution in [3.8, 4) is 0 Å². The molecule has 2 aliphatic rings. The van der Waals surface area contributed by atoms with Crippen LogP contribution >= 0.6 is 0 Å². The third kappa shape index (κ3) is 2.78. The number of rotatable bonds is 2. The van der Waals surface area contributed by atoms with E-state index in [4.69, 9.17) is 0 Å². The van der Waals surface area contributed by atoms with E-state index in [1.807, 2.05) is 24.3 Å². The van der Waals surface area contributed by atoms with E-state index < -0.39 is 23.9 Å². The molecule has 1 aliphatic carbocycles. The number of nitrogens with one attached hydrogen (secondary N) is 2. The van der Waals surface area contributed by atoms with Gasteiger partial charge in [0.25, 0.3) is 5.91 Å². The van der Waals surface area contributed by atoms with E-state index in [9.17, 15) is 19.1 Å². The molecule has 2 atom stereocenters. The fourth-order valence-electron chi connectivity index (χ4n) is 3.54. The Kier molecular flexibility index (Phi) is 3.77. The number of aryl methyl sites for hydroxylation is 1. The molecule has 6 heteroatoms. The van der Waals surface area contributed by atoms with Crippen molar-refractivity contribution in [2.75, 3.05) is 5.32 Å². The number of carbonyl (C=O) groups is 2. The van der Waals surface area contributed by atoms with Gasteiger partial charge in [-0.25, -0.2) is 4.39 Å². The summed E-state index contributed by atoms with van der Waals surface area (Å²) >= 11 is 0. The van der Waals surface area contributed by atoms with Crippen molar-refractivity contribution < 1.29 is 19.1 Å². The van der Waals surface area contributed by atoms with Crippen LogP contribution in [0.3, 0.4) is 0 Å². The largest absolute Gasteiger partial charge is 0.390 e. The topological polar surface area (TPSA) is 78.4 Å². The number of aliphatic hydroxyl groups excluding tert-OH is 1. The molecule has 2 aromatic rings. The van der Waals surface area contributed by atoms with Crippen LogP contribution in [0.1, 0.15) is 39.5 Å². The molecule has 1 aliphatic heterocycles. The molecule has 3 N–H and O–H groups in total. The van der Waals surface area contributed by atoms with Gasteiger partial charge in [0.05, 0.1) is 17.7 Å². The molecule has 2 amide bonds. The first kappa shape index (κ1) is 15.8. The molecule has 2 aromatic carbocycles. The molecule has 0 radical (unpaired) electrons. The van der Waals surface area contributed by atoms with E-state index in [0.29, 0.717) is 24.9 Å². The number of aliphatic hydroxyl groups is 1. The van der Waals surface area contributed by atoms with Gasteiger partial charge in [0.1, 0.15) is 5.82 Å². The van der Waals surface area contributed by atoms with E-state index in [2.05, 4.69) is 10.6 Å².